The maximum Gasteiger partial charge on any atom is 0.306 e. The Balaban J connectivity index is 2.36. The highest BCUT2D eigenvalue weighted by Gasteiger charge is 2.44. The van der Waals surface area contributed by atoms with Gasteiger partial charge in [-0.2, -0.15) is 0 Å². The van der Waals surface area contributed by atoms with Crippen molar-refractivity contribution >= 4 is 11.9 Å². The number of hydrogen-bond donors (Lipinski definition) is 4. The fourth-order valence-corrected chi connectivity index (χ4v) is 6.48. The molecule has 6 atom stereocenters. The number of unbranched alkanes of at least 4 members (excludes halogenated alkanes) is 22. The molecule has 0 spiro atoms. The summed E-state index contributed by atoms with van der Waals surface area (Å²) in [6.07, 6.45) is 26.4. The highest BCUT2D eigenvalue weighted by Crippen LogP contribution is 2.22. The average Bonchev–Trinajstić information content (AvgIpc) is 3.14. The van der Waals surface area contributed by atoms with E-state index < -0.39 is 49.4 Å². The van der Waals surface area contributed by atoms with Crippen molar-refractivity contribution in [3.8, 4) is 0 Å². The zero-order valence-electron chi connectivity index (χ0n) is 33.1. The first-order valence-electron chi connectivity index (χ1n) is 21.3. The summed E-state index contributed by atoms with van der Waals surface area (Å²) in [5.74, 6) is -0.810. The second kappa shape index (κ2) is 34.0. The molecule has 4 N–H and O–H groups in total. The molecule has 0 aliphatic carbocycles. The number of carbonyl (C=O) groups excluding carboxylic acids is 2. The van der Waals surface area contributed by atoms with E-state index in [1.54, 1.807) is 0 Å². The molecule has 0 aromatic heterocycles. The van der Waals surface area contributed by atoms with Gasteiger partial charge in [0, 0.05) is 12.8 Å². The molecule has 1 saturated heterocycles. The summed E-state index contributed by atoms with van der Waals surface area (Å²) in [5.41, 5.74) is 0. The molecule has 2 unspecified atom stereocenters. The minimum absolute atomic E-state index is 0.216. The van der Waals surface area contributed by atoms with Crippen LogP contribution in [0.4, 0.5) is 0 Å². The Morgan fingerprint density at radius 1 is 0.577 bits per heavy atom. The topological polar surface area (TPSA) is 152 Å². The van der Waals surface area contributed by atoms with E-state index in [0.29, 0.717) is 6.42 Å². The van der Waals surface area contributed by atoms with Crippen molar-refractivity contribution in [1.29, 1.82) is 0 Å². The van der Waals surface area contributed by atoms with Crippen LogP contribution in [0.5, 0.6) is 0 Å². The molecule has 0 amide bonds. The number of carbonyl (C=O) groups is 2. The fourth-order valence-electron chi connectivity index (χ4n) is 6.48. The van der Waals surface area contributed by atoms with Gasteiger partial charge in [-0.15, -0.1) is 0 Å². The summed E-state index contributed by atoms with van der Waals surface area (Å²) in [6, 6.07) is 0. The molecule has 1 heterocycles. The molecule has 0 aromatic rings. The lowest BCUT2D eigenvalue weighted by atomic mass is 9.99. The van der Waals surface area contributed by atoms with E-state index in [4.69, 9.17) is 18.9 Å². The zero-order valence-corrected chi connectivity index (χ0v) is 33.1. The molecule has 1 rings (SSSR count). The van der Waals surface area contributed by atoms with Crippen LogP contribution in [0.3, 0.4) is 0 Å². The van der Waals surface area contributed by atoms with Gasteiger partial charge in [0.15, 0.2) is 12.4 Å². The van der Waals surface area contributed by atoms with Crippen LogP contribution in [0, 0.1) is 0 Å². The van der Waals surface area contributed by atoms with Gasteiger partial charge in [0.1, 0.15) is 31.0 Å². The maximum atomic E-state index is 12.7. The molecule has 0 bridgehead atoms. The lowest BCUT2D eigenvalue weighted by Crippen LogP contribution is -2.59. The number of aliphatic hydroxyl groups excluding tert-OH is 4. The van der Waals surface area contributed by atoms with Gasteiger partial charge in [-0.1, -0.05) is 148 Å². The Morgan fingerprint density at radius 3 is 1.50 bits per heavy atom. The van der Waals surface area contributed by atoms with Crippen LogP contribution in [-0.4, -0.2) is 89.0 Å². The van der Waals surface area contributed by atoms with Gasteiger partial charge in [-0.25, -0.2) is 0 Å². The van der Waals surface area contributed by atoms with Crippen LogP contribution in [-0.2, 0) is 28.5 Å². The number of aliphatic hydroxyl groups is 4. The fraction of sp³-hybridized carbons (Fsp3) is 0.905. The van der Waals surface area contributed by atoms with E-state index in [1.807, 2.05) is 0 Å². The van der Waals surface area contributed by atoms with Gasteiger partial charge in [0.25, 0.3) is 0 Å². The standard InChI is InChI=1S/C42H78O10/c1-3-5-7-9-11-13-15-17-18-19-21-23-25-27-29-31-38(45)51-35(34-50-42-41(48)40(47)39(46)36(32-43)52-42)33-49-37(44)30-28-26-24-22-20-16-14-12-10-8-6-4-2/h17-18,35-36,39-43,46-48H,3-16,19-34H2,1-2H3/b18-17+/t35-,36-,39+,40?,41?,42-/m1/s1. The van der Waals surface area contributed by atoms with Crippen LogP contribution in [0.2, 0.25) is 0 Å². The molecule has 1 aliphatic rings. The molecule has 10 nitrogen and oxygen atoms in total. The molecule has 306 valence electrons. The van der Waals surface area contributed by atoms with Gasteiger partial charge in [-0.3, -0.25) is 9.59 Å². The third-order valence-corrected chi connectivity index (χ3v) is 9.90. The minimum Gasteiger partial charge on any atom is -0.462 e. The van der Waals surface area contributed by atoms with E-state index in [1.165, 1.54) is 103 Å². The lowest BCUT2D eigenvalue weighted by Gasteiger charge is -2.39. The van der Waals surface area contributed by atoms with Crippen LogP contribution >= 0.6 is 0 Å². The summed E-state index contributed by atoms with van der Waals surface area (Å²) >= 11 is 0. The van der Waals surface area contributed by atoms with E-state index in [-0.39, 0.29) is 32.0 Å². The predicted octanol–water partition coefficient (Wildman–Crippen LogP) is 8.39. The van der Waals surface area contributed by atoms with Crippen LogP contribution in [0.25, 0.3) is 0 Å². The summed E-state index contributed by atoms with van der Waals surface area (Å²) in [5, 5.41) is 40.0. The van der Waals surface area contributed by atoms with E-state index in [9.17, 15) is 30.0 Å². The first-order valence-corrected chi connectivity index (χ1v) is 21.3. The SMILES string of the molecule is CCCCCCCC/C=C/CCCCCCCC(=O)O[C@H](COC(=O)CCCCCCCCCCCCCC)CO[C@@H]1O[C@H](CO)[C@H](O)C(O)C1O. The molecule has 1 aliphatic heterocycles. The number of allylic oxidation sites excluding steroid dienone is 2. The maximum absolute atomic E-state index is 12.7. The van der Waals surface area contributed by atoms with Gasteiger partial charge in [0.2, 0.25) is 0 Å². The molecule has 10 heteroatoms. The molecule has 0 aromatic carbocycles. The van der Waals surface area contributed by atoms with Gasteiger partial charge in [0.05, 0.1) is 13.2 Å². The van der Waals surface area contributed by atoms with Crippen LogP contribution in [0.1, 0.15) is 187 Å². The third-order valence-electron chi connectivity index (χ3n) is 9.90. The number of esters is 2. The Labute approximate surface area is 316 Å². The van der Waals surface area contributed by atoms with Crippen molar-refractivity contribution in [2.24, 2.45) is 0 Å². The van der Waals surface area contributed by atoms with Crippen molar-refractivity contribution in [2.75, 3.05) is 19.8 Å². The number of ether oxygens (including phenoxy) is 4. The summed E-state index contributed by atoms with van der Waals surface area (Å²) in [6.45, 7) is 3.41. The smallest absolute Gasteiger partial charge is 0.306 e. The lowest BCUT2D eigenvalue weighted by molar-refractivity contribution is -0.305. The number of rotatable bonds is 35. The van der Waals surface area contributed by atoms with E-state index in [2.05, 4.69) is 26.0 Å². The third kappa shape index (κ3) is 25.5. The van der Waals surface area contributed by atoms with Gasteiger partial charge < -0.3 is 39.4 Å². The minimum atomic E-state index is -1.59. The first kappa shape index (κ1) is 48.5. The second-order valence-electron chi connectivity index (χ2n) is 14.8. The van der Waals surface area contributed by atoms with Crippen molar-refractivity contribution in [3.05, 3.63) is 12.2 Å². The Bertz CT molecular complexity index is 866. The Morgan fingerprint density at radius 2 is 1.02 bits per heavy atom. The molecular weight excluding hydrogens is 664 g/mol. The first-order chi connectivity index (χ1) is 25.3. The van der Waals surface area contributed by atoms with Crippen molar-refractivity contribution in [1.82, 2.24) is 0 Å². The predicted molar refractivity (Wildman–Crippen MR) is 206 cm³/mol. The Hall–Kier alpha value is -1.56. The molecular formula is C42H78O10. The van der Waals surface area contributed by atoms with Gasteiger partial charge >= 0.3 is 11.9 Å². The van der Waals surface area contributed by atoms with Gasteiger partial charge in [-0.05, 0) is 38.5 Å². The highest BCUT2D eigenvalue weighted by atomic mass is 16.7. The largest absolute Gasteiger partial charge is 0.462 e. The van der Waals surface area contributed by atoms with Crippen LogP contribution in [0.15, 0.2) is 12.2 Å². The average molecular weight is 743 g/mol. The van der Waals surface area contributed by atoms with Crippen LogP contribution < -0.4 is 0 Å². The van der Waals surface area contributed by atoms with Crippen molar-refractivity contribution < 1.29 is 49.0 Å². The van der Waals surface area contributed by atoms with Crippen molar-refractivity contribution in [2.45, 2.75) is 224 Å². The van der Waals surface area contributed by atoms with Crippen molar-refractivity contribution in [3.63, 3.8) is 0 Å². The second-order valence-corrected chi connectivity index (χ2v) is 14.8. The summed E-state index contributed by atoms with van der Waals surface area (Å²) in [4.78, 5) is 25.2. The molecule has 0 saturated carbocycles. The molecule has 0 radical (unpaired) electrons. The quantitative estimate of drug-likeness (QED) is 0.0283. The van der Waals surface area contributed by atoms with E-state index in [0.717, 1.165) is 51.4 Å². The monoisotopic (exact) mass is 743 g/mol. The number of hydrogen-bond acceptors (Lipinski definition) is 10. The zero-order chi connectivity index (χ0) is 38.1. The summed E-state index contributed by atoms with van der Waals surface area (Å²) in [7, 11) is 0. The molecule has 52 heavy (non-hydrogen) atoms. The Kier molecular flexibility index (Phi) is 31.7. The highest BCUT2D eigenvalue weighted by molar-refractivity contribution is 5.70. The normalized spacial score (nSPS) is 21.1. The van der Waals surface area contributed by atoms with E-state index >= 15 is 0 Å². The summed E-state index contributed by atoms with van der Waals surface area (Å²) < 4.78 is 22.1. The molecule has 1 fully saturated rings.